The predicted molar refractivity (Wildman–Crippen MR) is 51.9 cm³/mol. The number of nitrogens with one attached hydrogen (secondary N) is 1. The van der Waals surface area contributed by atoms with Crippen molar-refractivity contribution < 1.29 is 4.42 Å². The van der Waals surface area contributed by atoms with Gasteiger partial charge < -0.3 is 15.5 Å². The Morgan fingerprint density at radius 3 is 3.07 bits per heavy atom. The molecule has 2 rings (SSSR count). The summed E-state index contributed by atoms with van der Waals surface area (Å²) in [6.07, 6.45) is 2.94. The highest BCUT2D eigenvalue weighted by atomic mass is 16.4. The molecule has 0 atom stereocenters. The Kier molecular flexibility index (Phi) is 2.42. The minimum absolute atomic E-state index is 0.423. The molecular formula is C9H10N4O. The summed E-state index contributed by atoms with van der Waals surface area (Å²) in [5, 5.41) is 2.96. The molecule has 0 saturated heterocycles. The lowest BCUT2D eigenvalue weighted by Gasteiger charge is -2.02. The Labute approximate surface area is 81.0 Å². The van der Waals surface area contributed by atoms with Crippen LogP contribution in [0.25, 0.3) is 0 Å². The van der Waals surface area contributed by atoms with Crippen molar-refractivity contribution in [2.45, 2.75) is 6.54 Å². The monoisotopic (exact) mass is 190 g/mol. The Hall–Kier alpha value is -1.88. The molecule has 0 aliphatic carbocycles. The van der Waals surface area contributed by atoms with Gasteiger partial charge in [0.1, 0.15) is 5.82 Å². The number of aromatic nitrogens is 2. The van der Waals surface area contributed by atoms with Gasteiger partial charge in [0.2, 0.25) is 5.88 Å². The number of anilines is 2. The van der Waals surface area contributed by atoms with Crippen molar-refractivity contribution in [2.24, 2.45) is 5.73 Å². The second-order valence-electron chi connectivity index (χ2n) is 2.71. The summed E-state index contributed by atoms with van der Waals surface area (Å²) in [4.78, 5) is 8.02. The Morgan fingerprint density at radius 2 is 2.36 bits per heavy atom. The van der Waals surface area contributed by atoms with Gasteiger partial charge in [0.25, 0.3) is 0 Å². The molecule has 0 spiro atoms. The second-order valence-corrected chi connectivity index (χ2v) is 2.71. The third kappa shape index (κ3) is 1.89. The van der Waals surface area contributed by atoms with Crippen LogP contribution < -0.4 is 11.1 Å². The van der Waals surface area contributed by atoms with Crippen LogP contribution in [0.1, 0.15) is 5.69 Å². The first kappa shape index (κ1) is 8.71. The van der Waals surface area contributed by atoms with Gasteiger partial charge in [-0.3, -0.25) is 0 Å². The maximum atomic E-state index is 5.47. The molecule has 72 valence electrons. The second kappa shape index (κ2) is 3.89. The zero-order valence-corrected chi connectivity index (χ0v) is 7.47. The molecule has 3 N–H and O–H groups in total. The van der Waals surface area contributed by atoms with Crippen LogP contribution in [0, 0.1) is 0 Å². The highest BCUT2D eigenvalue weighted by molar-refractivity contribution is 5.48. The number of pyridine rings is 1. The third-order valence-electron chi connectivity index (χ3n) is 1.70. The average molecular weight is 190 g/mol. The number of oxazole rings is 1. The van der Waals surface area contributed by atoms with Gasteiger partial charge in [-0.25, -0.2) is 9.97 Å². The van der Waals surface area contributed by atoms with E-state index in [1.165, 1.54) is 6.39 Å². The fourth-order valence-electron chi connectivity index (χ4n) is 1.07. The van der Waals surface area contributed by atoms with Crippen molar-refractivity contribution in [2.75, 3.05) is 5.32 Å². The first-order valence-electron chi connectivity index (χ1n) is 4.20. The quantitative estimate of drug-likeness (QED) is 0.762. The molecule has 0 bridgehead atoms. The van der Waals surface area contributed by atoms with E-state index in [0.717, 1.165) is 5.69 Å². The minimum Gasteiger partial charge on any atom is -0.428 e. The van der Waals surface area contributed by atoms with E-state index < -0.39 is 0 Å². The van der Waals surface area contributed by atoms with E-state index in [2.05, 4.69) is 15.3 Å². The van der Waals surface area contributed by atoms with Crippen LogP contribution in [-0.4, -0.2) is 9.97 Å². The van der Waals surface area contributed by atoms with Crippen molar-refractivity contribution in [3.05, 3.63) is 36.5 Å². The highest BCUT2D eigenvalue weighted by Crippen LogP contribution is 2.12. The van der Waals surface area contributed by atoms with E-state index in [0.29, 0.717) is 18.2 Å². The molecular weight excluding hydrogens is 180 g/mol. The van der Waals surface area contributed by atoms with Gasteiger partial charge in [0, 0.05) is 6.54 Å². The Morgan fingerprint density at radius 1 is 1.43 bits per heavy atom. The molecule has 0 aromatic carbocycles. The summed E-state index contributed by atoms with van der Waals surface area (Å²) in [7, 11) is 0. The van der Waals surface area contributed by atoms with Crippen molar-refractivity contribution in [1.29, 1.82) is 0 Å². The molecule has 0 saturated carbocycles. The average Bonchev–Trinajstić information content (AvgIpc) is 2.71. The molecule has 0 aliphatic heterocycles. The maximum absolute atomic E-state index is 5.47. The summed E-state index contributed by atoms with van der Waals surface area (Å²) in [6, 6.07) is 5.58. The Balaban J connectivity index is 2.17. The van der Waals surface area contributed by atoms with Gasteiger partial charge in [-0.1, -0.05) is 6.07 Å². The molecule has 0 radical (unpaired) electrons. The van der Waals surface area contributed by atoms with Gasteiger partial charge in [-0.15, -0.1) is 0 Å². The molecule has 0 aliphatic rings. The van der Waals surface area contributed by atoms with Crippen molar-refractivity contribution in [1.82, 2.24) is 9.97 Å². The summed E-state index contributed by atoms with van der Waals surface area (Å²) in [5.74, 6) is 1.26. The number of rotatable bonds is 3. The molecule has 5 heteroatoms. The number of nitrogens with two attached hydrogens (primary N) is 1. The van der Waals surface area contributed by atoms with E-state index in [-0.39, 0.29) is 0 Å². The fraction of sp³-hybridized carbons (Fsp3) is 0.111. The fourth-order valence-corrected chi connectivity index (χ4v) is 1.07. The SMILES string of the molecule is NCc1cccc(Nc2cnco2)n1. The van der Waals surface area contributed by atoms with Crippen LogP contribution in [-0.2, 0) is 6.54 Å². The third-order valence-corrected chi connectivity index (χ3v) is 1.70. The van der Waals surface area contributed by atoms with Crippen LogP contribution in [0.2, 0.25) is 0 Å². The molecule has 0 unspecified atom stereocenters. The topological polar surface area (TPSA) is 77.0 Å². The van der Waals surface area contributed by atoms with Gasteiger partial charge in [0.15, 0.2) is 6.39 Å². The van der Waals surface area contributed by atoms with Crippen LogP contribution in [0.15, 0.2) is 35.2 Å². The summed E-state index contributed by atoms with van der Waals surface area (Å²) < 4.78 is 5.02. The lowest BCUT2D eigenvalue weighted by atomic mass is 10.3. The van der Waals surface area contributed by atoms with Crippen LogP contribution in [0.4, 0.5) is 11.7 Å². The van der Waals surface area contributed by atoms with Gasteiger partial charge in [-0.2, -0.15) is 0 Å². The first-order chi connectivity index (χ1) is 6.88. The lowest BCUT2D eigenvalue weighted by Crippen LogP contribution is -2.01. The first-order valence-corrected chi connectivity index (χ1v) is 4.20. The molecule has 2 aromatic rings. The molecule has 0 fully saturated rings. The van der Waals surface area contributed by atoms with E-state index in [4.69, 9.17) is 10.2 Å². The van der Waals surface area contributed by atoms with Gasteiger partial charge in [-0.05, 0) is 12.1 Å². The molecule has 14 heavy (non-hydrogen) atoms. The molecule has 2 heterocycles. The molecule has 2 aromatic heterocycles. The largest absolute Gasteiger partial charge is 0.428 e. The van der Waals surface area contributed by atoms with E-state index in [9.17, 15) is 0 Å². The van der Waals surface area contributed by atoms with Crippen LogP contribution in [0.3, 0.4) is 0 Å². The number of nitrogens with zero attached hydrogens (tertiary/aromatic N) is 2. The van der Waals surface area contributed by atoms with Crippen LogP contribution >= 0.6 is 0 Å². The van der Waals surface area contributed by atoms with Gasteiger partial charge in [0.05, 0.1) is 11.9 Å². The van der Waals surface area contributed by atoms with Crippen molar-refractivity contribution in [3.63, 3.8) is 0 Å². The highest BCUT2D eigenvalue weighted by Gasteiger charge is 1.98. The number of hydrogen-bond acceptors (Lipinski definition) is 5. The summed E-state index contributed by atoms with van der Waals surface area (Å²) in [5.41, 5.74) is 6.29. The predicted octanol–water partition coefficient (Wildman–Crippen LogP) is 1.27. The number of hydrogen-bond donors (Lipinski definition) is 2. The van der Waals surface area contributed by atoms with E-state index >= 15 is 0 Å². The zero-order valence-electron chi connectivity index (χ0n) is 7.47. The molecule has 0 amide bonds. The molecule has 5 nitrogen and oxygen atoms in total. The van der Waals surface area contributed by atoms with Crippen molar-refractivity contribution in [3.8, 4) is 0 Å². The Bertz CT molecular complexity index is 399. The minimum atomic E-state index is 0.423. The summed E-state index contributed by atoms with van der Waals surface area (Å²) >= 11 is 0. The van der Waals surface area contributed by atoms with E-state index in [1.807, 2.05) is 18.2 Å². The maximum Gasteiger partial charge on any atom is 0.218 e. The zero-order chi connectivity index (χ0) is 9.80. The van der Waals surface area contributed by atoms with Crippen molar-refractivity contribution >= 4 is 11.7 Å². The smallest absolute Gasteiger partial charge is 0.218 e. The lowest BCUT2D eigenvalue weighted by molar-refractivity contribution is 0.574. The summed E-state index contributed by atoms with van der Waals surface area (Å²) in [6.45, 7) is 0.423. The normalized spacial score (nSPS) is 10.1. The van der Waals surface area contributed by atoms with Gasteiger partial charge >= 0.3 is 0 Å². The van der Waals surface area contributed by atoms with E-state index in [1.54, 1.807) is 6.20 Å². The standard InChI is InChI=1S/C9H10N4O/c10-4-7-2-1-3-8(12-7)13-9-5-11-6-14-9/h1-3,5-6H,4,10H2,(H,12,13). The van der Waals surface area contributed by atoms with Crippen LogP contribution in [0.5, 0.6) is 0 Å².